The van der Waals surface area contributed by atoms with Gasteiger partial charge in [-0.3, -0.25) is 4.79 Å². The predicted molar refractivity (Wildman–Crippen MR) is 128 cm³/mol. The van der Waals surface area contributed by atoms with Crippen LogP contribution in [0.25, 0.3) is 22.8 Å². The Morgan fingerprint density at radius 2 is 1.82 bits per heavy atom. The molecule has 0 N–H and O–H groups in total. The van der Waals surface area contributed by atoms with Crippen molar-refractivity contribution in [1.29, 1.82) is 0 Å². The number of amides is 1. The summed E-state index contributed by atoms with van der Waals surface area (Å²) in [4.78, 5) is 28.4. The maximum absolute atomic E-state index is 13.9. The molecular weight excluding hydrogens is 503 g/mol. The topological polar surface area (TPSA) is 103 Å². The molecule has 2 aromatic heterocycles. The molecule has 5 rings (SSSR count). The van der Waals surface area contributed by atoms with E-state index >= 15 is 0 Å². The molecule has 9 nitrogen and oxygen atoms in total. The first-order valence-corrected chi connectivity index (χ1v) is 11.7. The number of methoxy groups -OCH3 is 1. The second-order valence-corrected chi connectivity index (χ2v) is 8.60. The molecule has 0 radical (unpaired) electrons. The van der Waals surface area contributed by atoms with Crippen LogP contribution in [0.2, 0.25) is 0 Å². The van der Waals surface area contributed by atoms with Crippen LogP contribution in [0.1, 0.15) is 40.7 Å². The highest BCUT2D eigenvalue weighted by molar-refractivity contribution is 6.01. The van der Waals surface area contributed by atoms with Gasteiger partial charge in [-0.05, 0) is 55.7 Å². The van der Waals surface area contributed by atoms with Crippen molar-refractivity contribution >= 4 is 5.91 Å². The van der Waals surface area contributed by atoms with Crippen molar-refractivity contribution in [2.45, 2.75) is 32.2 Å². The summed E-state index contributed by atoms with van der Waals surface area (Å²) >= 11 is 0. The number of carbonyl (C=O) groups excluding carboxylic acids is 1. The van der Waals surface area contributed by atoms with E-state index in [1.54, 1.807) is 35.5 Å². The zero-order valence-corrected chi connectivity index (χ0v) is 20.4. The van der Waals surface area contributed by atoms with E-state index in [9.17, 15) is 18.0 Å². The molecule has 3 heterocycles. The predicted octanol–water partition coefficient (Wildman–Crippen LogP) is 5.39. The highest BCUT2D eigenvalue weighted by Gasteiger charge is 2.37. The summed E-state index contributed by atoms with van der Waals surface area (Å²) in [7, 11) is 1.52. The summed E-state index contributed by atoms with van der Waals surface area (Å²) in [6.07, 6.45) is -0.493. The van der Waals surface area contributed by atoms with Crippen molar-refractivity contribution in [3.05, 3.63) is 71.9 Å². The molecule has 1 aliphatic rings. The molecular formula is C26H22F3N5O4. The van der Waals surface area contributed by atoms with E-state index in [0.29, 0.717) is 42.1 Å². The maximum Gasteiger partial charge on any atom is 0.573 e. The van der Waals surface area contributed by atoms with Gasteiger partial charge in [0.25, 0.3) is 5.91 Å². The number of benzene rings is 2. The number of hydrogen-bond acceptors (Lipinski definition) is 8. The molecule has 0 spiro atoms. The third-order valence-electron chi connectivity index (χ3n) is 6.17. The van der Waals surface area contributed by atoms with E-state index in [2.05, 4.69) is 24.8 Å². The molecule has 1 fully saturated rings. The minimum absolute atomic E-state index is 0.0162. The van der Waals surface area contributed by atoms with E-state index in [-0.39, 0.29) is 23.2 Å². The maximum atomic E-state index is 13.9. The van der Waals surface area contributed by atoms with Gasteiger partial charge in [-0.15, -0.1) is 13.2 Å². The van der Waals surface area contributed by atoms with Crippen LogP contribution in [0.15, 0.2) is 59.4 Å². The van der Waals surface area contributed by atoms with Crippen molar-refractivity contribution in [2.75, 3.05) is 13.7 Å². The van der Waals surface area contributed by atoms with Crippen molar-refractivity contribution < 1.29 is 32.0 Å². The van der Waals surface area contributed by atoms with Crippen LogP contribution in [-0.4, -0.2) is 50.9 Å². The lowest BCUT2D eigenvalue weighted by molar-refractivity contribution is -0.274. The SMILES string of the molecule is COc1cc(C(=O)N2CCC[C@H]2c2nc(-c3ccccc3OC(F)(F)F)no2)c(-c2ncccn2)cc1C. The van der Waals surface area contributed by atoms with Crippen LogP contribution < -0.4 is 9.47 Å². The summed E-state index contributed by atoms with van der Waals surface area (Å²) in [6, 6.07) is 10.1. The Labute approximate surface area is 215 Å². The molecule has 1 atom stereocenters. The molecule has 4 aromatic rings. The van der Waals surface area contributed by atoms with E-state index < -0.39 is 18.2 Å². The Bertz CT molecular complexity index is 1460. The van der Waals surface area contributed by atoms with Crippen LogP contribution in [0, 0.1) is 6.92 Å². The van der Waals surface area contributed by atoms with Crippen LogP contribution >= 0.6 is 0 Å². The molecule has 12 heteroatoms. The number of aromatic nitrogens is 4. The minimum Gasteiger partial charge on any atom is -0.496 e. The fourth-order valence-electron chi connectivity index (χ4n) is 4.47. The number of halogens is 3. The Morgan fingerprint density at radius 1 is 1.05 bits per heavy atom. The van der Waals surface area contributed by atoms with E-state index in [1.807, 2.05) is 6.92 Å². The third kappa shape index (κ3) is 5.01. The summed E-state index contributed by atoms with van der Waals surface area (Å²) in [5, 5.41) is 3.88. The molecule has 0 saturated carbocycles. The molecule has 0 aliphatic carbocycles. The first-order valence-electron chi connectivity index (χ1n) is 11.7. The zero-order chi connectivity index (χ0) is 26.9. The number of nitrogens with zero attached hydrogens (tertiary/aromatic N) is 5. The number of ether oxygens (including phenoxy) is 2. The number of para-hydroxylation sites is 1. The van der Waals surface area contributed by atoms with Gasteiger partial charge in [0.1, 0.15) is 17.5 Å². The van der Waals surface area contributed by atoms with Crippen molar-refractivity contribution in [2.24, 2.45) is 0 Å². The summed E-state index contributed by atoms with van der Waals surface area (Å²) in [5.74, 6) is 0.197. The van der Waals surface area contributed by atoms with Crippen molar-refractivity contribution in [3.63, 3.8) is 0 Å². The molecule has 0 unspecified atom stereocenters. The van der Waals surface area contributed by atoms with E-state index in [0.717, 1.165) is 5.56 Å². The third-order valence-corrected chi connectivity index (χ3v) is 6.17. The first kappa shape index (κ1) is 25.2. The zero-order valence-electron chi connectivity index (χ0n) is 20.4. The largest absolute Gasteiger partial charge is 0.573 e. The number of likely N-dealkylation sites (tertiary alicyclic amines) is 1. The fraction of sp³-hybridized carbons (Fsp3) is 0.269. The number of rotatable bonds is 6. The van der Waals surface area contributed by atoms with Gasteiger partial charge in [-0.25, -0.2) is 9.97 Å². The van der Waals surface area contributed by atoms with Gasteiger partial charge in [-0.1, -0.05) is 17.3 Å². The van der Waals surface area contributed by atoms with Crippen LogP contribution in [0.3, 0.4) is 0 Å². The highest BCUT2D eigenvalue weighted by atomic mass is 19.4. The lowest BCUT2D eigenvalue weighted by atomic mass is 10.0. The van der Waals surface area contributed by atoms with Crippen LogP contribution in [0.4, 0.5) is 13.2 Å². The molecule has 38 heavy (non-hydrogen) atoms. The number of hydrogen-bond donors (Lipinski definition) is 0. The van der Waals surface area contributed by atoms with E-state index in [1.165, 1.54) is 31.4 Å². The molecule has 1 aliphatic heterocycles. The minimum atomic E-state index is -4.88. The van der Waals surface area contributed by atoms with Gasteiger partial charge >= 0.3 is 6.36 Å². The van der Waals surface area contributed by atoms with Crippen molar-refractivity contribution in [1.82, 2.24) is 25.0 Å². The number of alkyl halides is 3. The highest BCUT2D eigenvalue weighted by Crippen LogP contribution is 2.38. The Kier molecular flexibility index (Phi) is 6.70. The molecule has 1 saturated heterocycles. The second kappa shape index (κ2) is 10.1. The molecule has 1 amide bonds. The number of aryl methyl sites for hydroxylation is 1. The number of carbonyl (C=O) groups is 1. The first-order chi connectivity index (χ1) is 18.2. The fourth-order valence-corrected chi connectivity index (χ4v) is 4.47. The van der Waals surface area contributed by atoms with Gasteiger partial charge in [0.15, 0.2) is 5.82 Å². The normalized spacial score (nSPS) is 15.5. The van der Waals surface area contributed by atoms with Crippen LogP contribution in [-0.2, 0) is 0 Å². The van der Waals surface area contributed by atoms with Gasteiger partial charge in [0.05, 0.1) is 18.2 Å². The van der Waals surface area contributed by atoms with E-state index in [4.69, 9.17) is 9.26 Å². The smallest absolute Gasteiger partial charge is 0.496 e. The average Bonchev–Trinajstić information content (AvgIpc) is 3.58. The Morgan fingerprint density at radius 3 is 2.55 bits per heavy atom. The average molecular weight is 525 g/mol. The Hall–Kier alpha value is -4.48. The monoisotopic (exact) mass is 525 g/mol. The molecule has 2 aromatic carbocycles. The molecule has 0 bridgehead atoms. The summed E-state index contributed by atoms with van der Waals surface area (Å²) < 4.78 is 53.6. The van der Waals surface area contributed by atoms with Gasteiger partial charge in [0.2, 0.25) is 11.7 Å². The summed E-state index contributed by atoms with van der Waals surface area (Å²) in [5.41, 5.74) is 1.71. The lowest BCUT2D eigenvalue weighted by Crippen LogP contribution is -2.31. The van der Waals surface area contributed by atoms with Crippen molar-refractivity contribution in [3.8, 4) is 34.3 Å². The molecule has 196 valence electrons. The standard InChI is InChI=1S/C26H22F3N5O4/c1-15-13-17(22-30-10-6-11-31-22)18(14-21(15)36-2)25(35)34-12-5-8-19(34)24-32-23(33-38-24)16-7-3-4-9-20(16)37-26(27,28)29/h3-4,6-7,9-11,13-14,19H,5,8,12H2,1-2H3/t19-/m0/s1. The Balaban J connectivity index is 1.48. The van der Waals surface area contributed by atoms with Gasteiger partial charge < -0.3 is 18.9 Å². The van der Waals surface area contributed by atoms with Gasteiger partial charge in [0, 0.05) is 24.5 Å². The van der Waals surface area contributed by atoms with Gasteiger partial charge in [-0.2, -0.15) is 4.98 Å². The lowest BCUT2D eigenvalue weighted by Gasteiger charge is -2.23. The van der Waals surface area contributed by atoms with Crippen LogP contribution in [0.5, 0.6) is 11.5 Å². The second-order valence-electron chi connectivity index (χ2n) is 8.60. The summed E-state index contributed by atoms with van der Waals surface area (Å²) in [6.45, 7) is 2.28. The quantitative estimate of drug-likeness (QED) is 0.330.